The Labute approximate surface area is 113 Å². The van der Waals surface area contributed by atoms with E-state index in [1.165, 1.54) is 5.56 Å². The maximum atomic E-state index is 12.1. The van der Waals surface area contributed by atoms with Crippen molar-refractivity contribution in [3.05, 3.63) is 35.9 Å². The Hall–Kier alpha value is -1.64. The van der Waals surface area contributed by atoms with Gasteiger partial charge in [0, 0.05) is 25.8 Å². The van der Waals surface area contributed by atoms with Crippen LogP contribution in [0.5, 0.6) is 0 Å². The first-order valence-electron chi connectivity index (χ1n) is 7.06. The van der Waals surface area contributed by atoms with Crippen LogP contribution in [0.2, 0.25) is 0 Å². The monoisotopic (exact) mass is 257 g/mol. The molecule has 0 bridgehead atoms. The summed E-state index contributed by atoms with van der Waals surface area (Å²) in [5.41, 5.74) is 1.12. The Morgan fingerprint density at radius 2 is 1.79 bits per heavy atom. The van der Waals surface area contributed by atoms with Gasteiger partial charge in [0.05, 0.1) is 5.54 Å². The van der Waals surface area contributed by atoms with E-state index in [0.717, 1.165) is 25.8 Å². The predicted molar refractivity (Wildman–Crippen MR) is 72.7 cm³/mol. The second-order valence-corrected chi connectivity index (χ2v) is 5.72. The lowest BCUT2D eigenvalue weighted by Gasteiger charge is -2.34. The van der Waals surface area contributed by atoms with E-state index in [0.29, 0.717) is 25.0 Å². The van der Waals surface area contributed by atoms with Gasteiger partial charge in [-0.2, -0.15) is 0 Å². The van der Waals surface area contributed by atoms with Gasteiger partial charge in [0.1, 0.15) is 5.78 Å². The Kier molecular flexibility index (Phi) is 3.13. The Morgan fingerprint density at radius 1 is 1.05 bits per heavy atom. The summed E-state index contributed by atoms with van der Waals surface area (Å²) >= 11 is 0. The molecule has 1 saturated carbocycles. The van der Waals surface area contributed by atoms with E-state index in [2.05, 4.69) is 12.1 Å². The summed E-state index contributed by atoms with van der Waals surface area (Å²) in [5.74, 6) is 0.546. The zero-order valence-electron chi connectivity index (χ0n) is 11.1. The number of likely N-dealkylation sites (tertiary alicyclic amines) is 1. The van der Waals surface area contributed by atoms with Crippen LogP contribution in [0.1, 0.15) is 37.7 Å². The molecular weight excluding hydrogens is 238 g/mol. The van der Waals surface area contributed by atoms with Gasteiger partial charge in [-0.05, 0) is 24.8 Å². The van der Waals surface area contributed by atoms with E-state index in [4.69, 9.17) is 0 Å². The van der Waals surface area contributed by atoms with Crippen molar-refractivity contribution in [3.63, 3.8) is 0 Å². The highest BCUT2D eigenvalue weighted by molar-refractivity contribution is 5.87. The molecule has 3 heteroatoms. The van der Waals surface area contributed by atoms with Gasteiger partial charge in [-0.1, -0.05) is 30.3 Å². The average molecular weight is 257 g/mol. The number of benzene rings is 1. The molecule has 1 aliphatic heterocycles. The largest absolute Gasteiger partial charge is 0.336 e. The van der Waals surface area contributed by atoms with Crippen LogP contribution in [-0.2, 0) is 16.0 Å². The van der Waals surface area contributed by atoms with Crippen molar-refractivity contribution < 1.29 is 9.59 Å². The van der Waals surface area contributed by atoms with E-state index >= 15 is 0 Å². The Balaban J connectivity index is 1.71. The van der Waals surface area contributed by atoms with Gasteiger partial charge < -0.3 is 4.90 Å². The number of rotatable bonds is 3. The fraction of sp³-hybridized carbons (Fsp3) is 0.500. The topological polar surface area (TPSA) is 37.4 Å². The molecule has 1 aliphatic carbocycles. The Bertz CT molecular complexity index is 493. The molecule has 19 heavy (non-hydrogen) atoms. The zero-order chi connectivity index (χ0) is 13.3. The predicted octanol–water partition coefficient (Wildman–Crippen LogP) is 2.34. The first-order valence-corrected chi connectivity index (χ1v) is 7.06. The minimum absolute atomic E-state index is 0.136. The van der Waals surface area contributed by atoms with Crippen LogP contribution in [0, 0.1) is 0 Å². The number of amides is 1. The maximum absolute atomic E-state index is 12.1. The van der Waals surface area contributed by atoms with Gasteiger partial charge in [0.15, 0.2) is 0 Å². The smallest absolute Gasteiger partial charge is 0.223 e. The molecule has 2 aliphatic rings. The van der Waals surface area contributed by atoms with E-state index in [1.807, 2.05) is 23.1 Å². The van der Waals surface area contributed by atoms with Gasteiger partial charge in [0.25, 0.3) is 0 Å². The Morgan fingerprint density at radius 3 is 2.47 bits per heavy atom. The van der Waals surface area contributed by atoms with Crippen LogP contribution in [0.4, 0.5) is 0 Å². The van der Waals surface area contributed by atoms with Crippen LogP contribution in [0.15, 0.2) is 30.3 Å². The summed E-state index contributed by atoms with van der Waals surface area (Å²) in [6.07, 6.45) is 4.45. The highest BCUT2D eigenvalue weighted by atomic mass is 16.2. The van der Waals surface area contributed by atoms with Crippen LogP contribution in [-0.4, -0.2) is 28.7 Å². The van der Waals surface area contributed by atoms with Crippen LogP contribution < -0.4 is 0 Å². The number of ketones is 1. The van der Waals surface area contributed by atoms with Gasteiger partial charge in [-0.25, -0.2) is 0 Å². The third-order valence-electron chi connectivity index (χ3n) is 4.54. The molecule has 1 heterocycles. The summed E-state index contributed by atoms with van der Waals surface area (Å²) in [6, 6.07) is 10.2. The molecule has 1 atom stereocenters. The highest BCUT2D eigenvalue weighted by Gasteiger charge is 2.49. The van der Waals surface area contributed by atoms with Gasteiger partial charge in [-0.15, -0.1) is 0 Å². The van der Waals surface area contributed by atoms with E-state index in [1.54, 1.807) is 0 Å². The summed E-state index contributed by atoms with van der Waals surface area (Å²) in [4.78, 5) is 25.7. The molecule has 0 N–H and O–H groups in total. The number of nitrogens with zero attached hydrogens (tertiary/aromatic N) is 1. The first kappa shape index (κ1) is 12.4. The lowest BCUT2D eigenvalue weighted by atomic mass is 9.94. The third kappa shape index (κ3) is 2.29. The van der Waals surface area contributed by atoms with Crippen molar-refractivity contribution in [1.29, 1.82) is 0 Å². The zero-order valence-corrected chi connectivity index (χ0v) is 11.1. The number of carbonyl (C=O) groups excluding carboxylic acids is 2. The average Bonchev–Trinajstić information content (AvgIpc) is 2.94. The molecule has 2 fully saturated rings. The summed E-state index contributed by atoms with van der Waals surface area (Å²) < 4.78 is 0. The number of carbonyl (C=O) groups is 2. The summed E-state index contributed by atoms with van der Waals surface area (Å²) in [5, 5.41) is 0. The first-order chi connectivity index (χ1) is 9.20. The van der Waals surface area contributed by atoms with Crippen molar-refractivity contribution >= 4 is 11.7 Å². The van der Waals surface area contributed by atoms with Crippen molar-refractivity contribution in [1.82, 2.24) is 4.90 Å². The molecule has 3 rings (SSSR count). The second-order valence-electron chi connectivity index (χ2n) is 5.72. The van der Waals surface area contributed by atoms with Gasteiger partial charge >= 0.3 is 0 Å². The van der Waals surface area contributed by atoms with Crippen molar-refractivity contribution in [2.24, 2.45) is 0 Å². The molecule has 1 aromatic carbocycles. The third-order valence-corrected chi connectivity index (χ3v) is 4.54. The fourth-order valence-electron chi connectivity index (χ4n) is 3.48. The molecule has 1 unspecified atom stereocenters. The lowest BCUT2D eigenvalue weighted by molar-refractivity contribution is -0.131. The number of hydrogen-bond acceptors (Lipinski definition) is 2. The van der Waals surface area contributed by atoms with Gasteiger partial charge in [-0.3, -0.25) is 9.59 Å². The van der Waals surface area contributed by atoms with E-state index in [-0.39, 0.29) is 11.4 Å². The molecular formula is C16H19NO2. The van der Waals surface area contributed by atoms with Gasteiger partial charge in [0.2, 0.25) is 5.91 Å². The lowest BCUT2D eigenvalue weighted by Crippen LogP contribution is -2.45. The quantitative estimate of drug-likeness (QED) is 0.833. The minimum atomic E-state index is -0.136. The van der Waals surface area contributed by atoms with Crippen LogP contribution >= 0.6 is 0 Å². The van der Waals surface area contributed by atoms with Crippen molar-refractivity contribution in [3.8, 4) is 0 Å². The molecule has 0 aromatic heterocycles. The molecule has 1 aromatic rings. The number of hydrogen-bond donors (Lipinski definition) is 0. The maximum Gasteiger partial charge on any atom is 0.223 e. The molecule has 3 nitrogen and oxygen atoms in total. The molecule has 0 radical (unpaired) electrons. The standard InChI is InChI=1S/C16H19NO2/c18-14-6-9-16(12-14)10-7-15(19)17(16)11-8-13-4-2-1-3-5-13/h1-5H,6-12H2. The minimum Gasteiger partial charge on any atom is -0.336 e. The molecule has 100 valence electrons. The second kappa shape index (κ2) is 4.80. The number of Topliss-reactive ketones (excluding diaryl/α,β-unsaturated/α-hetero) is 1. The van der Waals surface area contributed by atoms with E-state index < -0.39 is 0 Å². The molecule has 1 saturated heterocycles. The van der Waals surface area contributed by atoms with E-state index in [9.17, 15) is 9.59 Å². The van der Waals surface area contributed by atoms with Crippen LogP contribution in [0.3, 0.4) is 0 Å². The SMILES string of the molecule is O=C1CCC2(CCC(=O)N2CCc2ccccc2)C1. The summed E-state index contributed by atoms with van der Waals surface area (Å²) in [6.45, 7) is 0.746. The van der Waals surface area contributed by atoms with Crippen LogP contribution in [0.25, 0.3) is 0 Å². The summed E-state index contributed by atoms with van der Waals surface area (Å²) in [7, 11) is 0. The molecule has 1 amide bonds. The normalized spacial score (nSPS) is 26.6. The highest BCUT2D eigenvalue weighted by Crippen LogP contribution is 2.42. The molecule has 1 spiro atoms. The van der Waals surface area contributed by atoms with Crippen molar-refractivity contribution in [2.45, 2.75) is 44.1 Å². The fourth-order valence-corrected chi connectivity index (χ4v) is 3.48. The van der Waals surface area contributed by atoms with Crippen molar-refractivity contribution in [2.75, 3.05) is 6.54 Å².